The molecule has 0 aromatic heterocycles. The van der Waals surface area contributed by atoms with Crippen LogP contribution in [0.5, 0.6) is 0 Å². The first kappa shape index (κ1) is 18.5. The fourth-order valence-electron chi connectivity index (χ4n) is 2.68. The summed E-state index contributed by atoms with van der Waals surface area (Å²) in [6.45, 7) is 0.789. The molecule has 128 valence electrons. The lowest BCUT2D eigenvalue weighted by molar-refractivity contribution is -0.122. The maximum Gasteiger partial charge on any atom is 0.234 e. The van der Waals surface area contributed by atoms with Gasteiger partial charge in [0.1, 0.15) is 0 Å². The molecule has 2 aromatic rings. The molecule has 0 aliphatic rings. The predicted molar refractivity (Wildman–Crippen MR) is 96.8 cm³/mol. The summed E-state index contributed by atoms with van der Waals surface area (Å²) in [5, 5.41) is 12.9. The average molecular weight is 347 g/mol. The third-order valence-corrected chi connectivity index (χ3v) is 4.13. The maximum atomic E-state index is 12.2. The van der Waals surface area contributed by atoms with E-state index in [-0.39, 0.29) is 25.1 Å². The predicted octanol–water partition coefficient (Wildman–Crippen LogP) is 3.01. The number of carbonyl (C=O) groups is 1. The van der Waals surface area contributed by atoms with Gasteiger partial charge in [0, 0.05) is 24.2 Å². The van der Waals surface area contributed by atoms with Gasteiger partial charge in [0.15, 0.2) is 0 Å². The van der Waals surface area contributed by atoms with E-state index in [4.69, 9.17) is 11.6 Å². The average Bonchev–Trinajstić information content (AvgIpc) is 2.58. The summed E-state index contributed by atoms with van der Waals surface area (Å²) in [5.41, 5.74) is 2.06. The minimum Gasteiger partial charge on any atom is -0.396 e. The Hall–Kier alpha value is -1.88. The molecule has 2 rings (SSSR count). The van der Waals surface area contributed by atoms with Gasteiger partial charge in [-0.15, -0.1) is 0 Å². The summed E-state index contributed by atoms with van der Waals surface area (Å²) in [5.74, 6) is -0.0589. The highest BCUT2D eigenvalue weighted by atomic mass is 35.5. The highest BCUT2D eigenvalue weighted by molar-refractivity contribution is 6.30. The van der Waals surface area contributed by atoms with Crippen LogP contribution in [-0.4, -0.2) is 36.1 Å². The lowest BCUT2D eigenvalue weighted by atomic mass is 10.0. The zero-order valence-electron chi connectivity index (χ0n) is 13.8. The van der Waals surface area contributed by atoms with Crippen LogP contribution in [0.15, 0.2) is 54.6 Å². The Bertz CT molecular complexity index is 649. The lowest BCUT2D eigenvalue weighted by Gasteiger charge is -2.27. The zero-order valence-corrected chi connectivity index (χ0v) is 14.5. The summed E-state index contributed by atoms with van der Waals surface area (Å²) in [7, 11) is 1.90. The van der Waals surface area contributed by atoms with Crippen LogP contribution >= 0.6 is 11.6 Å². The quantitative estimate of drug-likeness (QED) is 0.772. The van der Waals surface area contributed by atoms with Crippen LogP contribution in [0.4, 0.5) is 0 Å². The van der Waals surface area contributed by atoms with Gasteiger partial charge in [-0.2, -0.15) is 0 Å². The van der Waals surface area contributed by atoms with E-state index in [1.165, 1.54) is 0 Å². The van der Waals surface area contributed by atoms with Crippen LogP contribution < -0.4 is 5.32 Å². The molecule has 0 saturated carbocycles. The van der Waals surface area contributed by atoms with Crippen molar-refractivity contribution >= 4 is 17.5 Å². The molecule has 24 heavy (non-hydrogen) atoms. The van der Waals surface area contributed by atoms with Gasteiger partial charge in [0.2, 0.25) is 5.91 Å². The Balaban J connectivity index is 1.91. The van der Waals surface area contributed by atoms with Gasteiger partial charge < -0.3 is 10.4 Å². The van der Waals surface area contributed by atoms with Crippen molar-refractivity contribution in [2.24, 2.45) is 0 Å². The van der Waals surface area contributed by atoms with E-state index >= 15 is 0 Å². The van der Waals surface area contributed by atoms with Crippen molar-refractivity contribution in [3.8, 4) is 0 Å². The van der Waals surface area contributed by atoms with E-state index in [1.54, 1.807) is 6.07 Å². The molecule has 0 heterocycles. The summed E-state index contributed by atoms with van der Waals surface area (Å²) in [4.78, 5) is 14.2. The molecule has 0 saturated heterocycles. The topological polar surface area (TPSA) is 52.6 Å². The Labute approximate surface area is 148 Å². The third kappa shape index (κ3) is 5.64. The van der Waals surface area contributed by atoms with E-state index < -0.39 is 0 Å². The molecule has 1 unspecified atom stereocenters. The molecule has 2 aromatic carbocycles. The van der Waals surface area contributed by atoms with Gasteiger partial charge in [-0.3, -0.25) is 9.69 Å². The number of aliphatic hydroxyl groups excluding tert-OH is 1. The first-order valence-electron chi connectivity index (χ1n) is 7.97. The molecule has 0 aliphatic carbocycles. The lowest BCUT2D eigenvalue weighted by Crippen LogP contribution is -2.37. The second-order valence-corrected chi connectivity index (χ2v) is 6.20. The number of aliphatic hydroxyl groups is 1. The molecule has 1 amide bonds. The molecular formula is C19H23ClN2O2. The Kier molecular flexibility index (Phi) is 7.25. The third-order valence-electron chi connectivity index (χ3n) is 3.89. The Morgan fingerprint density at radius 2 is 1.96 bits per heavy atom. The molecule has 0 radical (unpaired) electrons. The van der Waals surface area contributed by atoms with Gasteiger partial charge in [0.05, 0.1) is 6.54 Å². The van der Waals surface area contributed by atoms with Gasteiger partial charge in [-0.1, -0.05) is 54.1 Å². The van der Waals surface area contributed by atoms with Crippen molar-refractivity contribution in [1.82, 2.24) is 10.2 Å². The number of likely N-dealkylation sites (N-methyl/N-ethyl adjacent to an activating group) is 1. The van der Waals surface area contributed by atoms with Crippen molar-refractivity contribution in [2.75, 3.05) is 20.2 Å². The van der Waals surface area contributed by atoms with Crippen molar-refractivity contribution in [2.45, 2.75) is 19.0 Å². The molecule has 0 bridgehead atoms. The number of halogens is 1. The van der Waals surface area contributed by atoms with E-state index in [0.717, 1.165) is 11.1 Å². The molecular weight excluding hydrogens is 324 g/mol. The molecule has 0 aliphatic heterocycles. The molecule has 2 N–H and O–H groups in total. The second-order valence-electron chi connectivity index (χ2n) is 5.76. The van der Waals surface area contributed by atoms with Gasteiger partial charge in [-0.25, -0.2) is 0 Å². The summed E-state index contributed by atoms with van der Waals surface area (Å²) < 4.78 is 0. The number of rotatable bonds is 8. The summed E-state index contributed by atoms with van der Waals surface area (Å²) in [6.07, 6.45) is 0.585. The standard InChI is InChI=1S/C19H23ClN2O2/c1-22(18(10-11-23)16-7-3-2-4-8-16)14-19(24)21-13-15-6-5-9-17(20)12-15/h2-9,12,18,23H,10-11,13-14H2,1H3,(H,21,24). The molecule has 1 atom stereocenters. The number of benzene rings is 2. The summed E-state index contributed by atoms with van der Waals surface area (Å²) >= 11 is 5.94. The smallest absolute Gasteiger partial charge is 0.234 e. The molecule has 0 spiro atoms. The monoisotopic (exact) mass is 346 g/mol. The van der Waals surface area contributed by atoms with Crippen molar-refractivity contribution in [3.05, 3.63) is 70.7 Å². The fraction of sp³-hybridized carbons (Fsp3) is 0.316. The number of hydrogen-bond acceptors (Lipinski definition) is 3. The number of carbonyl (C=O) groups excluding carboxylic acids is 1. The Morgan fingerprint density at radius 1 is 1.21 bits per heavy atom. The summed E-state index contributed by atoms with van der Waals surface area (Å²) in [6, 6.07) is 17.4. The number of amides is 1. The normalized spacial score (nSPS) is 12.2. The van der Waals surface area contributed by atoms with E-state index in [0.29, 0.717) is 18.0 Å². The fourth-order valence-corrected chi connectivity index (χ4v) is 2.89. The maximum absolute atomic E-state index is 12.2. The van der Waals surface area contributed by atoms with Crippen molar-refractivity contribution < 1.29 is 9.90 Å². The van der Waals surface area contributed by atoms with E-state index in [9.17, 15) is 9.90 Å². The van der Waals surface area contributed by atoms with E-state index in [1.807, 2.05) is 60.5 Å². The number of nitrogens with one attached hydrogen (secondary N) is 1. The SMILES string of the molecule is CN(CC(=O)NCc1cccc(Cl)c1)C(CCO)c1ccccc1. The van der Waals surface area contributed by atoms with E-state index in [2.05, 4.69) is 5.32 Å². The van der Waals surface area contributed by atoms with Crippen LogP contribution in [-0.2, 0) is 11.3 Å². The number of hydrogen-bond donors (Lipinski definition) is 2. The minimum atomic E-state index is -0.0589. The minimum absolute atomic E-state index is 0.00752. The molecule has 5 heteroatoms. The van der Waals surface area contributed by atoms with Gasteiger partial charge in [-0.05, 0) is 36.7 Å². The molecule has 4 nitrogen and oxygen atoms in total. The first-order valence-corrected chi connectivity index (χ1v) is 8.35. The zero-order chi connectivity index (χ0) is 17.4. The Morgan fingerprint density at radius 3 is 2.62 bits per heavy atom. The van der Waals surface area contributed by atoms with Crippen LogP contribution in [0, 0.1) is 0 Å². The largest absolute Gasteiger partial charge is 0.396 e. The highest BCUT2D eigenvalue weighted by Crippen LogP contribution is 2.22. The van der Waals surface area contributed by atoms with Crippen LogP contribution in [0.25, 0.3) is 0 Å². The van der Waals surface area contributed by atoms with Crippen LogP contribution in [0.1, 0.15) is 23.6 Å². The molecule has 0 fully saturated rings. The van der Waals surface area contributed by atoms with Crippen LogP contribution in [0.2, 0.25) is 5.02 Å². The van der Waals surface area contributed by atoms with Gasteiger partial charge in [0.25, 0.3) is 0 Å². The number of nitrogens with zero attached hydrogens (tertiary/aromatic N) is 1. The van der Waals surface area contributed by atoms with Gasteiger partial charge >= 0.3 is 0 Å². The van der Waals surface area contributed by atoms with Crippen LogP contribution in [0.3, 0.4) is 0 Å². The van der Waals surface area contributed by atoms with Crippen molar-refractivity contribution in [1.29, 1.82) is 0 Å². The van der Waals surface area contributed by atoms with Crippen molar-refractivity contribution in [3.63, 3.8) is 0 Å². The highest BCUT2D eigenvalue weighted by Gasteiger charge is 2.18. The first-order chi connectivity index (χ1) is 11.6. The second kappa shape index (κ2) is 9.42.